The zero-order valence-corrected chi connectivity index (χ0v) is 14.7. The SMILES string of the molecule is N=Cc1ccc(CC(=O)N(CCN)Cc2ccccc2)c2ccccc12. The quantitative estimate of drug-likeness (QED) is 0.645. The van der Waals surface area contributed by atoms with Gasteiger partial charge in [0.25, 0.3) is 0 Å². The summed E-state index contributed by atoms with van der Waals surface area (Å²) < 4.78 is 0. The van der Waals surface area contributed by atoms with Gasteiger partial charge in [-0.1, -0.05) is 66.7 Å². The van der Waals surface area contributed by atoms with Crippen molar-refractivity contribution in [1.82, 2.24) is 4.90 Å². The lowest BCUT2D eigenvalue weighted by atomic mass is 9.97. The molecule has 1 amide bonds. The summed E-state index contributed by atoms with van der Waals surface area (Å²) >= 11 is 0. The molecular weight excluding hydrogens is 322 g/mol. The topological polar surface area (TPSA) is 70.2 Å². The number of rotatable bonds is 7. The van der Waals surface area contributed by atoms with Gasteiger partial charge in [-0.3, -0.25) is 4.79 Å². The summed E-state index contributed by atoms with van der Waals surface area (Å²) in [5.41, 5.74) is 8.66. The van der Waals surface area contributed by atoms with Crippen molar-refractivity contribution in [2.24, 2.45) is 5.73 Å². The van der Waals surface area contributed by atoms with Crippen LogP contribution in [0.2, 0.25) is 0 Å². The van der Waals surface area contributed by atoms with Crippen molar-refractivity contribution in [3.05, 3.63) is 83.4 Å². The lowest BCUT2D eigenvalue weighted by molar-refractivity contribution is -0.131. The highest BCUT2D eigenvalue weighted by molar-refractivity contribution is 6.01. The average molecular weight is 345 g/mol. The van der Waals surface area contributed by atoms with E-state index in [9.17, 15) is 4.79 Å². The molecule has 0 unspecified atom stereocenters. The van der Waals surface area contributed by atoms with Gasteiger partial charge in [-0.2, -0.15) is 0 Å². The van der Waals surface area contributed by atoms with Gasteiger partial charge in [-0.25, -0.2) is 0 Å². The number of hydrogen-bond donors (Lipinski definition) is 2. The molecule has 0 saturated carbocycles. The van der Waals surface area contributed by atoms with Gasteiger partial charge in [0.05, 0.1) is 6.42 Å². The van der Waals surface area contributed by atoms with Gasteiger partial charge in [-0.15, -0.1) is 0 Å². The number of amides is 1. The van der Waals surface area contributed by atoms with Crippen molar-refractivity contribution < 1.29 is 4.79 Å². The van der Waals surface area contributed by atoms with Crippen LogP contribution < -0.4 is 5.73 Å². The van der Waals surface area contributed by atoms with Crippen molar-refractivity contribution >= 4 is 22.9 Å². The fourth-order valence-corrected chi connectivity index (χ4v) is 3.19. The number of fused-ring (bicyclic) bond motifs is 1. The van der Waals surface area contributed by atoms with E-state index in [2.05, 4.69) is 0 Å². The van der Waals surface area contributed by atoms with Crippen LogP contribution in [-0.4, -0.2) is 30.1 Å². The second-order valence-electron chi connectivity index (χ2n) is 6.27. The second-order valence-corrected chi connectivity index (χ2v) is 6.27. The van der Waals surface area contributed by atoms with E-state index in [1.54, 1.807) is 0 Å². The van der Waals surface area contributed by atoms with Crippen LogP contribution in [0.1, 0.15) is 16.7 Å². The highest BCUT2D eigenvalue weighted by atomic mass is 16.2. The molecule has 0 radical (unpaired) electrons. The third-order valence-corrected chi connectivity index (χ3v) is 4.51. The van der Waals surface area contributed by atoms with Gasteiger partial charge in [-0.05, 0) is 27.5 Å². The second kappa shape index (κ2) is 8.41. The van der Waals surface area contributed by atoms with Gasteiger partial charge in [0.1, 0.15) is 0 Å². The number of carbonyl (C=O) groups excluding carboxylic acids is 1. The zero-order chi connectivity index (χ0) is 18.4. The van der Waals surface area contributed by atoms with Crippen LogP contribution in [0.15, 0.2) is 66.7 Å². The van der Waals surface area contributed by atoms with Crippen molar-refractivity contribution in [1.29, 1.82) is 5.41 Å². The van der Waals surface area contributed by atoms with Gasteiger partial charge in [0.15, 0.2) is 0 Å². The maximum Gasteiger partial charge on any atom is 0.227 e. The minimum Gasteiger partial charge on any atom is -0.337 e. The van der Waals surface area contributed by atoms with Gasteiger partial charge in [0, 0.05) is 25.8 Å². The van der Waals surface area contributed by atoms with Crippen LogP contribution in [0.4, 0.5) is 0 Å². The van der Waals surface area contributed by atoms with E-state index in [1.165, 1.54) is 6.21 Å². The summed E-state index contributed by atoms with van der Waals surface area (Å²) in [5, 5.41) is 9.60. The first-order valence-electron chi connectivity index (χ1n) is 8.76. The molecule has 4 nitrogen and oxygen atoms in total. The Morgan fingerprint density at radius 3 is 2.35 bits per heavy atom. The predicted octanol–water partition coefficient (Wildman–Crippen LogP) is 3.37. The van der Waals surface area contributed by atoms with Crippen molar-refractivity contribution in [2.45, 2.75) is 13.0 Å². The molecule has 0 heterocycles. The van der Waals surface area contributed by atoms with Crippen LogP contribution in [0.3, 0.4) is 0 Å². The molecule has 0 aromatic heterocycles. The van der Waals surface area contributed by atoms with E-state index < -0.39 is 0 Å². The molecule has 0 saturated heterocycles. The number of nitrogens with zero attached hydrogens (tertiary/aromatic N) is 1. The van der Waals surface area contributed by atoms with Crippen LogP contribution in [0, 0.1) is 5.41 Å². The Kier molecular flexibility index (Phi) is 5.77. The van der Waals surface area contributed by atoms with Crippen molar-refractivity contribution in [3.8, 4) is 0 Å². The maximum atomic E-state index is 12.9. The Hall–Kier alpha value is -2.98. The average Bonchev–Trinajstić information content (AvgIpc) is 2.68. The highest BCUT2D eigenvalue weighted by Crippen LogP contribution is 2.23. The number of benzene rings is 3. The van der Waals surface area contributed by atoms with E-state index in [-0.39, 0.29) is 5.91 Å². The third kappa shape index (κ3) is 3.98. The number of nitrogens with one attached hydrogen (secondary N) is 1. The molecule has 0 fully saturated rings. The smallest absolute Gasteiger partial charge is 0.227 e. The Balaban J connectivity index is 1.85. The molecular formula is C22H23N3O. The van der Waals surface area contributed by atoms with E-state index in [0.29, 0.717) is 26.1 Å². The Morgan fingerprint density at radius 1 is 0.962 bits per heavy atom. The molecule has 132 valence electrons. The normalized spacial score (nSPS) is 10.7. The van der Waals surface area contributed by atoms with Gasteiger partial charge in [0.2, 0.25) is 5.91 Å². The lowest BCUT2D eigenvalue weighted by Gasteiger charge is -2.23. The minimum absolute atomic E-state index is 0.0621. The van der Waals surface area contributed by atoms with Crippen LogP contribution in [-0.2, 0) is 17.8 Å². The number of nitrogens with two attached hydrogens (primary N) is 1. The minimum atomic E-state index is 0.0621. The standard InChI is InChI=1S/C22H23N3O/c23-12-13-25(16-17-6-2-1-3-7-17)22(26)14-18-10-11-19(15-24)21-9-5-4-8-20(18)21/h1-11,15,24H,12-14,16,23H2. The molecule has 3 N–H and O–H groups in total. The first kappa shape index (κ1) is 17.8. The summed E-state index contributed by atoms with van der Waals surface area (Å²) in [6.07, 6.45) is 1.68. The van der Waals surface area contributed by atoms with Crippen molar-refractivity contribution in [3.63, 3.8) is 0 Å². The molecule has 0 aliphatic carbocycles. The summed E-state index contributed by atoms with van der Waals surface area (Å²) in [6.45, 7) is 1.53. The molecule has 3 rings (SSSR count). The molecule has 0 aliphatic heterocycles. The summed E-state index contributed by atoms with van der Waals surface area (Å²) in [4.78, 5) is 14.7. The van der Waals surface area contributed by atoms with Gasteiger partial charge < -0.3 is 16.0 Å². The van der Waals surface area contributed by atoms with Crippen molar-refractivity contribution in [2.75, 3.05) is 13.1 Å². The Labute approximate surface area is 153 Å². The molecule has 26 heavy (non-hydrogen) atoms. The summed E-state index contributed by atoms with van der Waals surface area (Å²) in [7, 11) is 0. The molecule has 0 aliphatic rings. The first-order valence-corrected chi connectivity index (χ1v) is 8.76. The molecule has 4 heteroatoms. The zero-order valence-electron chi connectivity index (χ0n) is 14.7. The third-order valence-electron chi connectivity index (χ3n) is 4.51. The Bertz CT molecular complexity index is 906. The van der Waals surface area contributed by atoms with E-state index in [1.807, 2.05) is 71.6 Å². The van der Waals surface area contributed by atoms with E-state index in [4.69, 9.17) is 11.1 Å². The first-order chi connectivity index (χ1) is 12.7. The fourth-order valence-electron chi connectivity index (χ4n) is 3.19. The highest BCUT2D eigenvalue weighted by Gasteiger charge is 2.16. The molecule has 0 bridgehead atoms. The lowest BCUT2D eigenvalue weighted by Crippen LogP contribution is -2.36. The largest absolute Gasteiger partial charge is 0.337 e. The molecule has 3 aromatic carbocycles. The molecule has 3 aromatic rings. The number of carbonyl (C=O) groups is 1. The Morgan fingerprint density at radius 2 is 1.65 bits per heavy atom. The monoisotopic (exact) mass is 345 g/mol. The predicted molar refractivity (Wildman–Crippen MR) is 106 cm³/mol. The molecule has 0 spiro atoms. The number of hydrogen-bond acceptors (Lipinski definition) is 3. The van der Waals surface area contributed by atoms with E-state index in [0.717, 1.165) is 27.5 Å². The van der Waals surface area contributed by atoms with Crippen LogP contribution in [0.5, 0.6) is 0 Å². The van der Waals surface area contributed by atoms with Crippen LogP contribution >= 0.6 is 0 Å². The van der Waals surface area contributed by atoms with Gasteiger partial charge >= 0.3 is 0 Å². The van der Waals surface area contributed by atoms with Crippen LogP contribution in [0.25, 0.3) is 10.8 Å². The fraction of sp³-hybridized carbons (Fsp3) is 0.182. The molecule has 0 atom stereocenters. The maximum absolute atomic E-state index is 12.9. The summed E-state index contributed by atoms with van der Waals surface area (Å²) in [5.74, 6) is 0.0621. The van der Waals surface area contributed by atoms with E-state index >= 15 is 0 Å². The summed E-state index contributed by atoms with van der Waals surface area (Å²) in [6, 6.07) is 21.7.